The van der Waals surface area contributed by atoms with Gasteiger partial charge in [-0.25, -0.2) is 4.79 Å². The lowest BCUT2D eigenvalue weighted by atomic mass is 9.94. The van der Waals surface area contributed by atoms with Gasteiger partial charge >= 0.3 is 6.03 Å². The number of carbonyl (C=O) groups is 2. The summed E-state index contributed by atoms with van der Waals surface area (Å²) in [7, 11) is 1.96. The lowest BCUT2D eigenvalue weighted by Crippen LogP contribution is -2.46. The van der Waals surface area contributed by atoms with E-state index in [0.29, 0.717) is 12.6 Å². The van der Waals surface area contributed by atoms with Crippen LogP contribution < -0.4 is 10.6 Å². The zero-order valence-electron chi connectivity index (χ0n) is 12.4. The third-order valence-electron chi connectivity index (χ3n) is 3.85. The van der Waals surface area contributed by atoms with Crippen LogP contribution in [0.15, 0.2) is 17.5 Å². The normalized spacial score (nSPS) is 15.9. The van der Waals surface area contributed by atoms with Crippen LogP contribution in [0.5, 0.6) is 0 Å². The van der Waals surface area contributed by atoms with Gasteiger partial charge in [-0.05, 0) is 31.3 Å². The first-order valence-electron chi connectivity index (χ1n) is 7.45. The first kappa shape index (κ1) is 16.0. The molecule has 1 aliphatic carbocycles. The SMILES string of the molecule is CN(CC(=O)NC(=O)NCc1cccs1)C1CCCCC1. The first-order valence-corrected chi connectivity index (χ1v) is 8.33. The van der Waals surface area contributed by atoms with E-state index in [4.69, 9.17) is 0 Å². The fraction of sp³-hybridized carbons (Fsp3) is 0.600. The third kappa shape index (κ3) is 5.47. The van der Waals surface area contributed by atoms with Crippen LogP contribution in [0.1, 0.15) is 37.0 Å². The fourth-order valence-electron chi connectivity index (χ4n) is 2.67. The summed E-state index contributed by atoms with van der Waals surface area (Å²) in [4.78, 5) is 26.6. The van der Waals surface area contributed by atoms with E-state index < -0.39 is 6.03 Å². The highest BCUT2D eigenvalue weighted by molar-refractivity contribution is 7.09. The average molecular weight is 309 g/mol. The Labute approximate surface area is 129 Å². The van der Waals surface area contributed by atoms with E-state index in [-0.39, 0.29) is 12.5 Å². The van der Waals surface area contributed by atoms with Crippen LogP contribution in [0.4, 0.5) is 4.79 Å². The molecule has 0 bridgehead atoms. The van der Waals surface area contributed by atoms with Gasteiger partial charge in [0.15, 0.2) is 0 Å². The van der Waals surface area contributed by atoms with E-state index in [1.54, 1.807) is 11.3 Å². The molecule has 1 aromatic rings. The Hall–Kier alpha value is -1.40. The van der Waals surface area contributed by atoms with E-state index in [0.717, 1.165) is 17.7 Å². The highest BCUT2D eigenvalue weighted by Gasteiger charge is 2.20. The number of rotatable bonds is 5. The van der Waals surface area contributed by atoms with Crippen molar-refractivity contribution in [1.29, 1.82) is 0 Å². The number of amides is 3. The molecule has 5 nitrogen and oxygen atoms in total. The molecule has 0 saturated heterocycles. The van der Waals surface area contributed by atoms with Gasteiger partial charge in [0.05, 0.1) is 13.1 Å². The minimum atomic E-state index is -0.426. The maximum atomic E-state index is 11.9. The second-order valence-corrected chi connectivity index (χ2v) is 6.55. The van der Waals surface area contributed by atoms with Crippen molar-refractivity contribution in [3.05, 3.63) is 22.4 Å². The third-order valence-corrected chi connectivity index (χ3v) is 4.72. The van der Waals surface area contributed by atoms with Crippen LogP contribution in [-0.2, 0) is 11.3 Å². The molecule has 21 heavy (non-hydrogen) atoms. The smallest absolute Gasteiger partial charge is 0.321 e. The molecule has 6 heteroatoms. The summed E-state index contributed by atoms with van der Waals surface area (Å²) in [6, 6.07) is 3.93. The van der Waals surface area contributed by atoms with Crippen molar-refractivity contribution >= 4 is 23.3 Å². The summed E-state index contributed by atoms with van der Waals surface area (Å²) in [5.74, 6) is -0.244. The summed E-state index contributed by atoms with van der Waals surface area (Å²) in [6.07, 6.45) is 6.06. The summed E-state index contributed by atoms with van der Waals surface area (Å²) < 4.78 is 0. The largest absolute Gasteiger partial charge is 0.333 e. The molecule has 0 aromatic carbocycles. The number of carbonyl (C=O) groups excluding carboxylic acids is 2. The van der Waals surface area contributed by atoms with Crippen molar-refractivity contribution in [2.45, 2.75) is 44.7 Å². The molecular formula is C15H23N3O2S. The maximum Gasteiger partial charge on any atom is 0.321 e. The molecule has 1 aliphatic rings. The second-order valence-electron chi connectivity index (χ2n) is 5.52. The van der Waals surface area contributed by atoms with E-state index >= 15 is 0 Å². The molecule has 1 aromatic heterocycles. The van der Waals surface area contributed by atoms with Crippen molar-refractivity contribution in [2.75, 3.05) is 13.6 Å². The Kier molecular flexibility index (Phi) is 6.20. The number of urea groups is 1. The molecule has 0 atom stereocenters. The monoisotopic (exact) mass is 309 g/mol. The molecule has 1 fully saturated rings. The summed E-state index contributed by atoms with van der Waals surface area (Å²) in [5.41, 5.74) is 0. The standard InChI is InChI=1S/C15H23N3O2S/c1-18(12-6-3-2-4-7-12)11-14(19)17-15(20)16-10-13-8-5-9-21-13/h5,8-9,12H,2-4,6-7,10-11H2,1H3,(H2,16,17,19,20). The molecule has 1 saturated carbocycles. The van der Waals surface area contributed by atoms with Crippen LogP contribution in [-0.4, -0.2) is 36.5 Å². The van der Waals surface area contributed by atoms with Crippen molar-refractivity contribution in [3.63, 3.8) is 0 Å². The lowest BCUT2D eigenvalue weighted by Gasteiger charge is -2.30. The van der Waals surface area contributed by atoms with E-state index in [1.807, 2.05) is 24.6 Å². The summed E-state index contributed by atoms with van der Waals surface area (Å²) in [5, 5.41) is 7.03. The average Bonchev–Trinajstić information content (AvgIpc) is 2.99. The molecule has 2 N–H and O–H groups in total. The molecular weight excluding hydrogens is 286 g/mol. The quantitative estimate of drug-likeness (QED) is 0.877. The van der Waals surface area contributed by atoms with Gasteiger partial charge in [0.1, 0.15) is 0 Å². The van der Waals surface area contributed by atoms with Crippen LogP contribution in [0, 0.1) is 0 Å². The fourth-order valence-corrected chi connectivity index (χ4v) is 3.31. The molecule has 0 spiro atoms. The van der Waals surface area contributed by atoms with Gasteiger partial charge in [-0.3, -0.25) is 15.0 Å². The van der Waals surface area contributed by atoms with Crippen LogP contribution >= 0.6 is 11.3 Å². The minimum Gasteiger partial charge on any atom is -0.333 e. The Morgan fingerprint density at radius 2 is 2.10 bits per heavy atom. The van der Waals surface area contributed by atoms with Gasteiger partial charge in [0.25, 0.3) is 0 Å². The van der Waals surface area contributed by atoms with E-state index in [1.165, 1.54) is 19.3 Å². The van der Waals surface area contributed by atoms with Gasteiger partial charge < -0.3 is 5.32 Å². The second kappa shape index (κ2) is 8.14. The van der Waals surface area contributed by atoms with Crippen molar-refractivity contribution in [3.8, 4) is 0 Å². The summed E-state index contributed by atoms with van der Waals surface area (Å²) in [6.45, 7) is 0.729. The van der Waals surface area contributed by atoms with Crippen LogP contribution in [0.3, 0.4) is 0 Å². The molecule has 0 aliphatic heterocycles. The zero-order chi connectivity index (χ0) is 15.1. The predicted molar refractivity (Wildman–Crippen MR) is 84.2 cm³/mol. The number of thiophene rings is 1. The van der Waals surface area contributed by atoms with E-state index in [2.05, 4.69) is 15.5 Å². The van der Waals surface area contributed by atoms with Crippen molar-refractivity contribution in [2.24, 2.45) is 0 Å². The number of likely N-dealkylation sites (N-methyl/N-ethyl adjacent to an activating group) is 1. The van der Waals surface area contributed by atoms with Gasteiger partial charge in [-0.15, -0.1) is 11.3 Å². The maximum absolute atomic E-state index is 11.9. The number of nitrogens with zero attached hydrogens (tertiary/aromatic N) is 1. The Balaban J connectivity index is 1.66. The Morgan fingerprint density at radius 3 is 2.76 bits per heavy atom. The molecule has 3 amide bonds. The molecule has 2 rings (SSSR count). The minimum absolute atomic E-state index is 0.244. The van der Waals surface area contributed by atoms with Gasteiger partial charge in [-0.1, -0.05) is 25.3 Å². The Bertz CT molecular complexity index is 455. The molecule has 0 radical (unpaired) electrons. The number of imide groups is 1. The van der Waals surface area contributed by atoms with E-state index in [9.17, 15) is 9.59 Å². The number of hydrogen-bond donors (Lipinski definition) is 2. The van der Waals surface area contributed by atoms with Crippen molar-refractivity contribution < 1.29 is 9.59 Å². The topological polar surface area (TPSA) is 61.4 Å². The van der Waals surface area contributed by atoms with Crippen molar-refractivity contribution in [1.82, 2.24) is 15.5 Å². The zero-order valence-corrected chi connectivity index (χ0v) is 13.2. The predicted octanol–water partition coefficient (Wildman–Crippen LogP) is 2.34. The highest BCUT2D eigenvalue weighted by Crippen LogP contribution is 2.21. The molecule has 1 heterocycles. The van der Waals surface area contributed by atoms with Crippen LogP contribution in [0.25, 0.3) is 0 Å². The number of hydrogen-bond acceptors (Lipinski definition) is 4. The molecule has 0 unspecified atom stereocenters. The summed E-state index contributed by atoms with van der Waals surface area (Å²) >= 11 is 1.58. The van der Waals surface area contributed by atoms with Gasteiger partial charge in [-0.2, -0.15) is 0 Å². The van der Waals surface area contributed by atoms with Crippen LogP contribution in [0.2, 0.25) is 0 Å². The molecule has 116 valence electrons. The highest BCUT2D eigenvalue weighted by atomic mass is 32.1. The Morgan fingerprint density at radius 1 is 1.33 bits per heavy atom. The lowest BCUT2D eigenvalue weighted by molar-refractivity contribution is -0.121. The van der Waals surface area contributed by atoms with Gasteiger partial charge in [0.2, 0.25) is 5.91 Å². The number of nitrogens with one attached hydrogen (secondary N) is 2. The van der Waals surface area contributed by atoms with Gasteiger partial charge in [0, 0.05) is 10.9 Å². The first-order chi connectivity index (χ1) is 10.1.